The lowest BCUT2D eigenvalue weighted by molar-refractivity contribution is 0.0962. The van der Waals surface area contributed by atoms with Gasteiger partial charge in [-0.1, -0.05) is 12.1 Å². The van der Waals surface area contributed by atoms with E-state index in [2.05, 4.69) is 10.3 Å². The summed E-state index contributed by atoms with van der Waals surface area (Å²) in [6, 6.07) is 5.85. The number of ether oxygens (including phenoxy) is 1. The number of amidine groups is 1. The van der Waals surface area contributed by atoms with Gasteiger partial charge >= 0.3 is 0 Å². The van der Waals surface area contributed by atoms with E-state index in [9.17, 15) is 9.18 Å². The van der Waals surface area contributed by atoms with Crippen LogP contribution in [0.25, 0.3) is 0 Å². The van der Waals surface area contributed by atoms with Gasteiger partial charge in [-0.25, -0.2) is 9.38 Å². The predicted octanol–water partition coefficient (Wildman–Crippen LogP) is 2.36. The summed E-state index contributed by atoms with van der Waals surface area (Å²) in [5.74, 6) is -1.14. The van der Waals surface area contributed by atoms with Gasteiger partial charge in [-0.05, 0) is 32.9 Å². The summed E-state index contributed by atoms with van der Waals surface area (Å²) in [6.07, 6.45) is 0. The first kappa shape index (κ1) is 14.2. The zero-order valence-electron chi connectivity index (χ0n) is 10.7. The fourth-order valence-electron chi connectivity index (χ4n) is 1.29. The van der Waals surface area contributed by atoms with Crippen LogP contribution in [0, 0.1) is 5.82 Å². The van der Waals surface area contributed by atoms with E-state index in [1.807, 2.05) is 13.8 Å². The van der Waals surface area contributed by atoms with Crippen LogP contribution in [0.15, 0.2) is 29.3 Å². The summed E-state index contributed by atoms with van der Waals surface area (Å²) >= 11 is 0. The van der Waals surface area contributed by atoms with Gasteiger partial charge in [-0.3, -0.25) is 10.1 Å². The maximum absolute atomic E-state index is 13.4. The van der Waals surface area contributed by atoms with Gasteiger partial charge in [-0.15, -0.1) is 0 Å². The predicted molar refractivity (Wildman–Crippen MR) is 68.1 cm³/mol. The summed E-state index contributed by atoms with van der Waals surface area (Å²) in [6.45, 7) is 5.87. The normalized spacial score (nSPS) is 11.5. The second-order valence-corrected chi connectivity index (χ2v) is 3.89. The van der Waals surface area contributed by atoms with E-state index in [4.69, 9.17) is 4.74 Å². The molecule has 0 unspecified atom stereocenters. The van der Waals surface area contributed by atoms with Crippen LogP contribution in [0.4, 0.5) is 4.39 Å². The number of halogens is 1. The van der Waals surface area contributed by atoms with Crippen LogP contribution < -0.4 is 5.32 Å². The van der Waals surface area contributed by atoms with Crippen LogP contribution >= 0.6 is 0 Å². The lowest BCUT2D eigenvalue weighted by Gasteiger charge is -2.10. The maximum atomic E-state index is 13.4. The topological polar surface area (TPSA) is 50.7 Å². The Hall–Kier alpha value is -1.91. The Balaban J connectivity index is 2.82. The van der Waals surface area contributed by atoms with Gasteiger partial charge in [0.15, 0.2) is 0 Å². The quantitative estimate of drug-likeness (QED) is 0.663. The maximum Gasteiger partial charge on any atom is 0.291 e. The van der Waals surface area contributed by atoms with Crippen LogP contribution in [0.2, 0.25) is 0 Å². The second-order valence-electron chi connectivity index (χ2n) is 3.89. The second kappa shape index (κ2) is 6.74. The molecule has 0 aromatic heterocycles. The van der Waals surface area contributed by atoms with Crippen molar-refractivity contribution in [3.63, 3.8) is 0 Å². The molecule has 1 aromatic carbocycles. The molecular weight excluding hydrogens is 235 g/mol. The highest BCUT2D eigenvalue weighted by Crippen LogP contribution is 2.06. The van der Waals surface area contributed by atoms with Crippen LogP contribution in [0.5, 0.6) is 0 Å². The number of nitrogens with zero attached hydrogens (tertiary/aromatic N) is 1. The molecular formula is C13H17FN2O2. The first-order valence-corrected chi connectivity index (χ1v) is 5.81. The number of benzene rings is 1. The zero-order valence-corrected chi connectivity index (χ0v) is 10.7. The molecule has 0 atom stereocenters. The molecule has 98 valence electrons. The average molecular weight is 252 g/mol. The van der Waals surface area contributed by atoms with E-state index in [-0.39, 0.29) is 17.6 Å². The van der Waals surface area contributed by atoms with Crippen molar-refractivity contribution < 1.29 is 13.9 Å². The molecule has 1 N–H and O–H groups in total. The number of amides is 1. The number of hydrogen-bond acceptors (Lipinski definition) is 3. The van der Waals surface area contributed by atoms with Gasteiger partial charge in [0.1, 0.15) is 5.82 Å². The highest BCUT2D eigenvalue weighted by Gasteiger charge is 2.13. The van der Waals surface area contributed by atoms with Crippen LogP contribution in [0.3, 0.4) is 0 Å². The third-order valence-electron chi connectivity index (χ3n) is 2.00. The molecule has 4 nitrogen and oxygen atoms in total. The Morgan fingerprint density at radius 1 is 1.44 bits per heavy atom. The van der Waals surface area contributed by atoms with Gasteiger partial charge in [0.2, 0.25) is 0 Å². The molecule has 0 bridgehead atoms. The molecule has 0 saturated heterocycles. The number of aliphatic imine (C=N–C) groups is 1. The number of carbonyl (C=O) groups is 1. The van der Waals surface area contributed by atoms with E-state index in [0.717, 1.165) is 0 Å². The van der Waals surface area contributed by atoms with Gasteiger partial charge < -0.3 is 4.74 Å². The van der Waals surface area contributed by atoms with Crippen molar-refractivity contribution in [2.45, 2.75) is 26.8 Å². The summed E-state index contributed by atoms with van der Waals surface area (Å²) in [5, 5.41) is 2.46. The Morgan fingerprint density at radius 2 is 2.11 bits per heavy atom. The van der Waals surface area contributed by atoms with Gasteiger partial charge in [-0.2, -0.15) is 0 Å². The number of carbonyl (C=O) groups excluding carboxylic acids is 1. The van der Waals surface area contributed by atoms with Crippen LogP contribution in [-0.2, 0) is 4.74 Å². The largest absolute Gasteiger partial charge is 0.465 e. The van der Waals surface area contributed by atoms with Gasteiger partial charge in [0.05, 0.1) is 12.2 Å². The highest BCUT2D eigenvalue weighted by atomic mass is 19.1. The zero-order chi connectivity index (χ0) is 13.5. The van der Waals surface area contributed by atoms with E-state index in [0.29, 0.717) is 6.61 Å². The fourth-order valence-corrected chi connectivity index (χ4v) is 1.29. The van der Waals surface area contributed by atoms with Gasteiger partial charge in [0.25, 0.3) is 11.9 Å². The van der Waals surface area contributed by atoms with E-state index in [1.165, 1.54) is 18.2 Å². The Bertz CT molecular complexity index is 444. The lowest BCUT2D eigenvalue weighted by Crippen LogP contribution is -2.33. The monoisotopic (exact) mass is 252 g/mol. The SMILES string of the molecule is CCOC(=NC(C)C)NC(=O)c1ccccc1F. The summed E-state index contributed by atoms with van der Waals surface area (Å²) in [4.78, 5) is 15.9. The molecule has 0 aliphatic carbocycles. The molecule has 0 fully saturated rings. The van der Waals surface area contributed by atoms with Crippen molar-refractivity contribution in [3.8, 4) is 0 Å². The number of rotatable bonds is 3. The summed E-state index contributed by atoms with van der Waals surface area (Å²) < 4.78 is 18.6. The van der Waals surface area contributed by atoms with Crippen molar-refractivity contribution in [1.82, 2.24) is 5.32 Å². The third-order valence-corrected chi connectivity index (χ3v) is 2.00. The van der Waals surface area contributed by atoms with E-state index < -0.39 is 11.7 Å². The third kappa shape index (κ3) is 4.16. The molecule has 0 heterocycles. The Morgan fingerprint density at radius 3 is 2.67 bits per heavy atom. The lowest BCUT2D eigenvalue weighted by atomic mass is 10.2. The van der Waals surface area contributed by atoms with Crippen molar-refractivity contribution >= 4 is 11.9 Å². The standard InChI is InChI=1S/C13H17FN2O2/c1-4-18-13(15-9(2)3)16-12(17)10-7-5-6-8-11(10)14/h5-9H,4H2,1-3H3,(H,15,16,17). The van der Waals surface area contributed by atoms with Gasteiger partial charge in [0, 0.05) is 6.04 Å². The molecule has 0 spiro atoms. The molecule has 1 rings (SSSR count). The van der Waals surface area contributed by atoms with Crippen molar-refractivity contribution in [3.05, 3.63) is 35.6 Å². The molecule has 0 aliphatic rings. The molecule has 0 aliphatic heterocycles. The number of nitrogens with one attached hydrogen (secondary N) is 1. The molecule has 18 heavy (non-hydrogen) atoms. The summed E-state index contributed by atoms with van der Waals surface area (Å²) in [5.41, 5.74) is -0.0336. The van der Waals surface area contributed by atoms with E-state index >= 15 is 0 Å². The Labute approximate surface area is 106 Å². The smallest absolute Gasteiger partial charge is 0.291 e. The first-order valence-electron chi connectivity index (χ1n) is 5.81. The van der Waals surface area contributed by atoms with Crippen molar-refractivity contribution in [2.75, 3.05) is 6.61 Å². The highest BCUT2D eigenvalue weighted by molar-refractivity contribution is 6.04. The first-order chi connectivity index (χ1) is 8.54. The summed E-state index contributed by atoms with van der Waals surface area (Å²) in [7, 11) is 0. The molecule has 0 radical (unpaired) electrons. The minimum absolute atomic E-state index is 0.0209. The van der Waals surface area contributed by atoms with Crippen LogP contribution in [0.1, 0.15) is 31.1 Å². The van der Waals surface area contributed by atoms with Crippen LogP contribution in [-0.4, -0.2) is 24.6 Å². The van der Waals surface area contributed by atoms with Crippen molar-refractivity contribution in [2.24, 2.45) is 4.99 Å². The molecule has 0 saturated carbocycles. The fraction of sp³-hybridized carbons (Fsp3) is 0.385. The molecule has 1 amide bonds. The Kier molecular flexibility index (Phi) is 5.30. The van der Waals surface area contributed by atoms with Crippen molar-refractivity contribution in [1.29, 1.82) is 0 Å². The van der Waals surface area contributed by atoms with E-state index in [1.54, 1.807) is 13.0 Å². The molecule has 1 aromatic rings. The number of hydrogen-bond donors (Lipinski definition) is 1. The molecule has 5 heteroatoms. The minimum atomic E-state index is -0.574. The minimum Gasteiger partial charge on any atom is -0.465 e. The average Bonchev–Trinajstić information content (AvgIpc) is 2.28.